The highest BCUT2D eigenvalue weighted by Gasteiger charge is 2.38. The first-order valence-electron chi connectivity index (χ1n) is 10.5. The lowest BCUT2D eigenvalue weighted by molar-refractivity contribution is -0.132. The average Bonchev–Trinajstić information content (AvgIpc) is 3.21. The molecule has 2 atom stereocenters. The molecule has 1 aliphatic heterocycles. The smallest absolute Gasteiger partial charge is 0.239 e. The van der Waals surface area contributed by atoms with Gasteiger partial charge in [-0.25, -0.2) is 0 Å². The van der Waals surface area contributed by atoms with E-state index in [2.05, 4.69) is 10.3 Å². The summed E-state index contributed by atoms with van der Waals surface area (Å²) in [7, 11) is 0. The fraction of sp³-hybridized carbons (Fsp3) is 0.200. The number of pyridine rings is 1. The van der Waals surface area contributed by atoms with E-state index < -0.39 is 12.0 Å². The Kier molecular flexibility index (Phi) is 6.26. The van der Waals surface area contributed by atoms with Gasteiger partial charge in [0.2, 0.25) is 11.8 Å². The zero-order valence-corrected chi connectivity index (χ0v) is 17.5. The number of aromatic hydroxyl groups is 1. The molecule has 0 spiro atoms. The van der Waals surface area contributed by atoms with Crippen molar-refractivity contribution in [1.29, 1.82) is 0 Å². The second-order valence-corrected chi connectivity index (χ2v) is 7.76. The van der Waals surface area contributed by atoms with Gasteiger partial charge in [-0.15, -0.1) is 0 Å². The van der Waals surface area contributed by atoms with Crippen molar-refractivity contribution in [1.82, 2.24) is 10.3 Å². The molecule has 1 saturated heterocycles. The highest BCUT2D eigenvalue weighted by Crippen LogP contribution is 2.29. The first kappa shape index (κ1) is 21.2. The highest BCUT2D eigenvalue weighted by atomic mass is 16.3. The van der Waals surface area contributed by atoms with Crippen LogP contribution in [0.5, 0.6) is 5.75 Å². The largest absolute Gasteiger partial charge is 0.508 e. The average molecular weight is 430 g/mol. The van der Waals surface area contributed by atoms with Gasteiger partial charge in [-0.2, -0.15) is 0 Å². The van der Waals surface area contributed by atoms with E-state index >= 15 is 0 Å². The number of phenols is 1. The Bertz CT molecular complexity index is 1120. The van der Waals surface area contributed by atoms with E-state index in [0.29, 0.717) is 24.2 Å². The normalized spacial score (nSPS) is 16.6. The summed E-state index contributed by atoms with van der Waals surface area (Å²) in [6.45, 7) is 0.478. The third kappa shape index (κ3) is 4.51. The van der Waals surface area contributed by atoms with Crippen LogP contribution in [0.2, 0.25) is 0 Å². The second kappa shape index (κ2) is 9.43. The Morgan fingerprint density at radius 2 is 1.88 bits per heavy atom. The summed E-state index contributed by atoms with van der Waals surface area (Å²) in [5, 5.41) is 19.7. The van der Waals surface area contributed by atoms with E-state index in [1.165, 1.54) is 0 Å². The van der Waals surface area contributed by atoms with Crippen LogP contribution in [-0.4, -0.2) is 34.2 Å². The number of amides is 2. The van der Waals surface area contributed by atoms with Crippen molar-refractivity contribution in [2.24, 2.45) is 5.92 Å². The number of nitrogens with one attached hydrogen (secondary N) is 1. The van der Waals surface area contributed by atoms with Gasteiger partial charge in [-0.05, 0) is 36.8 Å². The van der Waals surface area contributed by atoms with E-state index in [-0.39, 0.29) is 24.0 Å². The lowest BCUT2D eigenvalue weighted by atomic mass is 9.96. The predicted octanol–water partition coefficient (Wildman–Crippen LogP) is 1.64. The van der Waals surface area contributed by atoms with Gasteiger partial charge in [0.15, 0.2) is 5.71 Å². The van der Waals surface area contributed by atoms with Crippen LogP contribution in [0.4, 0.5) is 5.69 Å². The Morgan fingerprint density at radius 1 is 1.12 bits per heavy atom. The molecule has 1 fully saturated rings. The number of para-hydroxylation sites is 2. The quantitative estimate of drug-likeness (QED) is 0.392. The topological polar surface area (TPSA) is 108 Å². The monoisotopic (exact) mass is 429 g/mol. The first-order chi connectivity index (χ1) is 15.5. The number of phenolic OH excluding ortho intramolecular Hbond substituents is 1. The molecule has 4 N–H and O–H groups in total. The van der Waals surface area contributed by atoms with Crippen molar-refractivity contribution >= 4 is 23.2 Å². The van der Waals surface area contributed by atoms with Gasteiger partial charge in [0.25, 0.3) is 0 Å². The van der Waals surface area contributed by atoms with Crippen LogP contribution in [0.1, 0.15) is 30.0 Å². The first-order valence-corrected chi connectivity index (χ1v) is 10.5. The number of nitrogens with zero attached hydrogens (tertiary/aromatic N) is 2. The number of nitrogens with two attached hydrogens (primary N) is 1. The molecule has 0 bridgehead atoms. The fourth-order valence-corrected chi connectivity index (χ4v) is 3.97. The van der Waals surface area contributed by atoms with E-state index in [1.54, 1.807) is 47.6 Å². The fourth-order valence-electron chi connectivity index (χ4n) is 3.97. The molecule has 1 aromatic heterocycles. The molecule has 3 aromatic rings. The zero-order chi connectivity index (χ0) is 22.5. The summed E-state index contributed by atoms with van der Waals surface area (Å²) in [5.41, 5.74) is 2.59. The molecule has 0 aliphatic carbocycles. The van der Waals surface area contributed by atoms with Crippen LogP contribution in [0, 0.1) is 5.92 Å². The number of hydrogen-bond donors (Lipinski definition) is 3. The van der Waals surface area contributed by atoms with Crippen LogP contribution in [0.15, 0.2) is 79.1 Å². The summed E-state index contributed by atoms with van der Waals surface area (Å²) in [4.78, 5) is 31.8. The predicted molar refractivity (Wildman–Crippen MR) is 121 cm³/mol. The Balaban J connectivity index is 1.53. The standard InChI is InChI=1S/C25H24N4O3/c26-21(17-7-6-13-27-16-17)15-22(19-10-4-5-11-23(19)30)28-24(31)20-12-14-29(25(20)32)18-8-2-1-3-9-18/h1-11,13,16,20,22,26,30H,12,14-15H2,(H,28,31)/p+1. The van der Waals surface area contributed by atoms with E-state index in [0.717, 1.165) is 11.3 Å². The highest BCUT2D eigenvalue weighted by molar-refractivity contribution is 6.09. The summed E-state index contributed by atoms with van der Waals surface area (Å²) in [5.74, 6) is -1.33. The maximum Gasteiger partial charge on any atom is 0.239 e. The van der Waals surface area contributed by atoms with Gasteiger partial charge in [0.1, 0.15) is 11.7 Å². The number of carbonyl (C=O) groups is 2. The molecule has 2 amide bonds. The van der Waals surface area contributed by atoms with E-state index in [9.17, 15) is 14.7 Å². The van der Waals surface area contributed by atoms with Crippen LogP contribution in [0.3, 0.4) is 0 Å². The van der Waals surface area contributed by atoms with Gasteiger partial charge in [-0.1, -0.05) is 36.4 Å². The Hall–Kier alpha value is -4.00. The van der Waals surface area contributed by atoms with Gasteiger partial charge in [-0.3, -0.25) is 20.0 Å². The zero-order valence-electron chi connectivity index (χ0n) is 17.5. The lowest BCUT2D eigenvalue weighted by Crippen LogP contribution is -2.45. The third-order valence-corrected chi connectivity index (χ3v) is 5.67. The summed E-state index contributed by atoms with van der Waals surface area (Å²) >= 11 is 0. The third-order valence-electron chi connectivity index (χ3n) is 5.67. The number of hydrogen-bond acceptors (Lipinski definition) is 4. The molecule has 32 heavy (non-hydrogen) atoms. The van der Waals surface area contributed by atoms with E-state index in [1.807, 2.05) is 36.4 Å². The Labute approximate surface area is 186 Å². The second-order valence-electron chi connectivity index (χ2n) is 7.76. The number of rotatable bonds is 7. The molecular formula is C25H25N4O3+. The van der Waals surface area contributed by atoms with Crippen molar-refractivity contribution in [3.63, 3.8) is 0 Å². The van der Waals surface area contributed by atoms with E-state index in [4.69, 9.17) is 5.41 Å². The molecule has 2 heterocycles. The van der Waals surface area contributed by atoms with Gasteiger partial charge < -0.3 is 15.3 Å². The van der Waals surface area contributed by atoms with Crippen LogP contribution in [0.25, 0.3) is 0 Å². The maximum atomic E-state index is 13.1. The molecule has 162 valence electrons. The minimum atomic E-state index is -0.789. The van der Waals surface area contributed by atoms with Crippen LogP contribution < -0.4 is 15.6 Å². The minimum Gasteiger partial charge on any atom is -0.508 e. The molecule has 0 radical (unpaired) electrons. The van der Waals surface area contributed by atoms with Gasteiger partial charge in [0.05, 0.1) is 18.0 Å². The summed E-state index contributed by atoms with van der Waals surface area (Å²) in [6, 6.07) is 19.1. The summed E-state index contributed by atoms with van der Waals surface area (Å²) in [6.07, 6.45) is 3.99. The van der Waals surface area contributed by atoms with Crippen LogP contribution >= 0.6 is 0 Å². The van der Waals surface area contributed by atoms with Gasteiger partial charge >= 0.3 is 0 Å². The molecular weight excluding hydrogens is 404 g/mol. The SMILES string of the molecule is [NH2+]=C(CC(NC(=O)C1CCN(c2ccccc2)C1=O)c1ccccc1O)c1cccnc1. The molecule has 2 unspecified atom stereocenters. The van der Waals surface area contributed by atoms with Gasteiger partial charge in [0, 0.05) is 30.2 Å². The molecule has 1 aliphatic rings. The van der Waals surface area contributed by atoms with Crippen molar-refractivity contribution < 1.29 is 20.1 Å². The molecule has 2 aromatic carbocycles. The molecule has 0 saturated carbocycles. The number of anilines is 1. The van der Waals surface area contributed by atoms with Crippen molar-refractivity contribution in [2.75, 3.05) is 11.4 Å². The summed E-state index contributed by atoms with van der Waals surface area (Å²) < 4.78 is 0. The number of carbonyl (C=O) groups excluding carboxylic acids is 2. The number of benzene rings is 2. The molecule has 4 rings (SSSR count). The van der Waals surface area contributed by atoms with Crippen molar-refractivity contribution in [2.45, 2.75) is 18.9 Å². The van der Waals surface area contributed by atoms with Crippen LogP contribution in [-0.2, 0) is 9.59 Å². The minimum absolute atomic E-state index is 0.0560. The molecule has 7 nitrogen and oxygen atoms in total. The van der Waals surface area contributed by atoms with Crippen molar-refractivity contribution in [3.05, 3.63) is 90.3 Å². The number of aromatic nitrogens is 1. The molecule has 7 heteroatoms. The van der Waals surface area contributed by atoms with Crippen molar-refractivity contribution in [3.8, 4) is 5.75 Å². The lowest BCUT2D eigenvalue weighted by Gasteiger charge is -2.21. The Morgan fingerprint density at radius 3 is 2.59 bits per heavy atom. The maximum absolute atomic E-state index is 13.1.